The molecule has 1 nitrogen and oxygen atoms in total. The second-order valence-corrected chi connectivity index (χ2v) is 5.12. The molecule has 0 fully saturated rings. The Morgan fingerprint density at radius 2 is 1.83 bits per heavy atom. The van der Waals surface area contributed by atoms with Crippen molar-refractivity contribution in [2.45, 2.75) is 13.0 Å². The van der Waals surface area contributed by atoms with Crippen molar-refractivity contribution in [2.24, 2.45) is 5.73 Å². The zero-order chi connectivity index (χ0) is 13.3. The van der Waals surface area contributed by atoms with Crippen LogP contribution < -0.4 is 5.73 Å². The molecule has 4 heteroatoms. The van der Waals surface area contributed by atoms with Crippen molar-refractivity contribution in [3.05, 3.63) is 69.2 Å². The highest BCUT2D eigenvalue weighted by molar-refractivity contribution is 9.10. The van der Waals surface area contributed by atoms with Gasteiger partial charge in [0.1, 0.15) is 11.6 Å². The minimum absolute atomic E-state index is 0.342. The maximum absolute atomic E-state index is 13.7. The molecule has 0 heterocycles. The summed E-state index contributed by atoms with van der Waals surface area (Å²) in [6, 6.07) is 8.37. The van der Waals surface area contributed by atoms with E-state index in [1.807, 2.05) is 0 Å². The van der Waals surface area contributed by atoms with Crippen molar-refractivity contribution in [3.63, 3.8) is 0 Å². The molecule has 0 saturated carbocycles. The first-order valence-electron chi connectivity index (χ1n) is 5.45. The quantitative estimate of drug-likeness (QED) is 0.888. The summed E-state index contributed by atoms with van der Waals surface area (Å²) >= 11 is 3.27. The van der Waals surface area contributed by atoms with Gasteiger partial charge in [0, 0.05) is 10.0 Å². The summed E-state index contributed by atoms with van der Waals surface area (Å²) in [4.78, 5) is 0. The molecular formula is C14H12BrF2N. The summed E-state index contributed by atoms with van der Waals surface area (Å²) in [6.45, 7) is 1.77. The predicted molar refractivity (Wildman–Crippen MR) is 71.3 cm³/mol. The van der Waals surface area contributed by atoms with Crippen LogP contribution in [-0.4, -0.2) is 0 Å². The van der Waals surface area contributed by atoms with Crippen LogP contribution in [-0.2, 0) is 0 Å². The molecule has 0 amide bonds. The van der Waals surface area contributed by atoms with Crippen LogP contribution in [0.5, 0.6) is 0 Å². The summed E-state index contributed by atoms with van der Waals surface area (Å²) in [7, 11) is 0. The van der Waals surface area contributed by atoms with Gasteiger partial charge in [-0.3, -0.25) is 0 Å². The Labute approximate surface area is 113 Å². The van der Waals surface area contributed by atoms with E-state index in [1.54, 1.807) is 25.1 Å². The second-order valence-electron chi connectivity index (χ2n) is 4.21. The van der Waals surface area contributed by atoms with Crippen LogP contribution in [0.15, 0.2) is 40.9 Å². The molecule has 0 saturated heterocycles. The number of benzene rings is 2. The van der Waals surface area contributed by atoms with Crippen LogP contribution in [0.2, 0.25) is 0 Å². The zero-order valence-corrected chi connectivity index (χ0v) is 11.3. The minimum atomic E-state index is -0.683. The van der Waals surface area contributed by atoms with E-state index in [-0.39, 0.29) is 5.82 Å². The minimum Gasteiger partial charge on any atom is -0.320 e. The zero-order valence-electron chi connectivity index (χ0n) is 9.75. The first-order chi connectivity index (χ1) is 8.47. The molecule has 2 N–H and O–H groups in total. The van der Waals surface area contributed by atoms with Crippen LogP contribution in [0.25, 0.3) is 0 Å². The average molecular weight is 312 g/mol. The lowest BCUT2D eigenvalue weighted by atomic mass is 9.97. The standard InChI is InChI=1S/C14H12BrF2N/c1-8-4-9(6-11(16)5-8)14(18)12-7-10(15)2-3-13(12)17/h2-7,14H,18H2,1H3. The van der Waals surface area contributed by atoms with Crippen LogP contribution in [0.4, 0.5) is 8.78 Å². The SMILES string of the molecule is Cc1cc(F)cc(C(N)c2cc(Br)ccc2F)c1. The van der Waals surface area contributed by atoms with Crippen LogP contribution >= 0.6 is 15.9 Å². The van der Waals surface area contributed by atoms with E-state index in [0.717, 1.165) is 10.0 Å². The lowest BCUT2D eigenvalue weighted by Crippen LogP contribution is -2.14. The molecule has 0 aromatic heterocycles. The number of halogens is 3. The molecule has 0 radical (unpaired) electrons. The second kappa shape index (κ2) is 5.16. The molecule has 0 spiro atoms. The predicted octanol–water partition coefficient (Wildman–Crippen LogP) is 4.08. The maximum atomic E-state index is 13.7. The molecule has 0 aliphatic heterocycles. The van der Waals surface area contributed by atoms with Crippen molar-refractivity contribution in [2.75, 3.05) is 0 Å². The third-order valence-electron chi connectivity index (χ3n) is 2.72. The fourth-order valence-electron chi connectivity index (χ4n) is 1.88. The number of rotatable bonds is 2. The molecular weight excluding hydrogens is 300 g/mol. The van der Waals surface area contributed by atoms with Gasteiger partial charge in [0.2, 0.25) is 0 Å². The number of hydrogen-bond acceptors (Lipinski definition) is 1. The van der Waals surface area contributed by atoms with E-state index >= 15 is 0 Å². The van der Waals surface area contributed by atoms with Gasteiger partial charge < -0.3 is 5.73 Å². The monoisotopic (exact) mass is 311 g/mol. The molecule has 1 unspecified atom stereocenters. The smallest absolute Gasteiger partial charge is 0.128 e. The van der Waals surface area contributed by atoms with Gasteiger partial charge in [-0.2, -0.15) is 0 Å². The van der Waals surface area contributed by atoms with E-state index < -0.39 is 11.9 Å². The van der Waals surface area contributed by atoms with Crippen molar-refractivity contribution >= 4 is 15.9 Å². The van der Waals surface area contributed by atoms with Gasteiger partial charge in [-0.1, -0.05) is 22.0 Å². The number of nitrogens with two attached hydrogens (primary N) is 1. The van der Waals surface area contributed by atoms with E-state index in [9.17, 15) is 8.78 Å². The molecule has 94 valence electrons. The Kier molecular flexibility index (Phi) is 3.78. The third kappa shape index (κ3) is 2.76. The fraction of sp³-hybridized carbons (Fsp3) is 0.143. The molecule has 0 aliphatic rings. The first-order valence-corrected chi connectivity index (χ1v) is 6.24. The van der Waals surface area contributed by atoms with Crippen molar-refractivity contribution in [3.8, 4) is 0 Å². The molecule has 1 atom stereocenters. The molecule has 2 aromatic carbocycles. The fourth-order valence-corrected chi connectivity index (χ4v) is 2.26. The molecule has 0 bridgehead atoms. The molecule has 18 heavy (non-hydrogen) atoms. The van der Waals surface area contributed by atoms with Gasteiger partial charge in [0.15, 0.2) is 0 Å². The first kappa shape index (κ1) is 13.2. The Morgan fingerprint density at radius 3 is 2.50 bits per heavy atom. The van der Waals surface area contributed by atoms with Crippen LogP contribution in [0.3, 0.4) is 0 Å². The Balaban J connectivity index is 2.47. The van der Waals surface area contributed by atoms with Gasteiger partial charge in [-0.25, -0.2) is 8.78 Å². The molecule has 2 rings (SSSR count). The van der Waals surface area contributed by atoms with Crippen molar-refractivity contribution in [1.29, 1.82) is 0 Å². The maximum Gasteiger partial charge on any atom is 0.128 e. The van der Waals surface area contributed by atoms with E-state index in [0.29, 0.717) is 11.1 Å². The number of aryl methyl sites for hydroxylation is 1. The highest BCUT2D eigenvalue weighted by atomic mass is 79.9. The highest BCUT2D eigenvalue weighted by Crippen LogP contribution is 2.26. The summed E-state index contributed by atoms with van der Waals surface area (Å²) in [5, 5.41) is 0. The van der Waals surface area contributed by atoms with Crippen LogP contribution in [0.1, 0.15) is 22.7 Å². The topological polar surface area (TPSA) is 26.0 Å². The normalized spacial score (nSPS) is 12.5. The van der Waals surface area contributed by atoms with Gasteiger partial charge in [-0.05, 0) is 48.4 Å². The average Bonchev–Trinajstić information content (AvgIpc) is 2.30. The largest absolute Gasteiger partial charge is 0.320 e. The molecule has 2 aromatic rings. The Hall–Kier alpha value is -1.26. The highest BCUT2D eigenvalue weighted by Gasteiger charge is 2.15. The summed E-state index contributed by atoms with van der Waals surface area (Å²) in [6.07, 6.45) is 0. The van der Waals surface area contributed by atoms with Gasteiger partial charge in [0.05, 0.1) is 6.04 Å². The summed E-state index contributed by atoms with van der Waals surface area (Å²) < 4.78 is 27.8. The van der Waals surface area contributed by atoms with Gasteiger partial charge >= 0.3 is 0 Å². The van der Waals surface area contributed by atoms with Gasteiger partial charge in [-0.15, -0.1) is 0 Å². The van der Waals surface area contributed by atoms with E-state index in [2.05, 4.69) is 15.9 Å². The van der Waals surface area contributed by atoms with Gasteiger partial charge in [0.25, 0.3) is 0 Å². The lowest BCUT2D eigenvalue weighted by molar-refractivity contribution is 0.595. The third-order valence-corrected chi connectivity index (χ3v) is 3.21. The van der Waals surface area contributed by atoms with Crippen LogP contribution in [0, 0.1) is 18.6 Å². The lowest BCUT2D eigenvalue weighted by Gasteiger charge is -2.14. The van der Waals surface area contributed by atoms with Crippen molar-refractivity contribution in [1.82, 2.24) is 0 Å². The molecule has 0 aliphatic carbocycles. The summed E-state index contributed by atoms with van der Waals surface area (Å²) in [5.74, 6) is -0.761. The summed E-state index contributed by atoms with van der Waals surface area (Å²) in [5.41, 5.74) is 7.66. The number of hydrogen-bond donors (Lipinski definition) is 1. The van der Waals surface area contributed by atoms with E-state index in [4.69, 9.17) is 5.73 Å². The van der Waals surface area contributed by atoms with E-state index in [1.165, 1.54) is 18.2 Å². The van der Waals surface area contributed by atoms with Crippen molar-refractivity contribution < 1.29 is 8.78 Å². The Morgan fingerprint density at radius 1 is 1.11 bits per heavy atom. The Bertz CT molecular complexity index is 564.